The highest BCUT2D eigenvalue weighted by Crippen LogP contribution is 2.32. The molecule has 6 nitrogen and oxygen atoms in total. The lowest BCUT2D eigenvalue weighted by atomic mass is 10.1. The minimum absolute atomic E-state index is 0.0412. The Kier molecular flexibility index (Phi) is 4.10. The molecule has 1 aliphatic heterocycles. The highest BCUT2D eigenvalue weighted by atomic mass is 32.2. The first-order valence-electron chi connectivity index (χ1n) is 7.29. The average Bonchev–Trinajstić information content (AvgIpc) is 3.08. The van der Waals surface area contributed by atoms with E-state index in [2.05, 4.69) is 4.98 Å². The van der Waals surface area contributed by atoms with E-state index in [1.165, 1.54) is 19.1 Å². The predicted octanol–water partition coefficient (Wildman–Crippen LogP) is 2.84. The van der Waals surface area contributed by atoms with Crippen molar-refractivity contribution in [3.63, 3.8) is 0 Å². The number of sulfonamides is 1. The van der Waals surface area contributed by atoms with Gasteiger partial charge < -0.3 is 4.42 Å². The summed E-state index contributed by atoms with van der Waals surface area (Å²) >= 11 is 0. The van der Waals surface area contributed by atoms with E-state index in [0.717, 1.165) is 12.1 Å². The molecule has 0 unspecified atom stereocenters. The number of aryl methyl sites for hydroxylation is 1. The van der Waals surface area contributed by atoms with Crippen LogP contribution in [0.3, 0.4) is 0 Å². The molecule has 3 rings (SSSR count). The van der Waals surface area contributed by atoms with E-state index in [1.807, 2.05) is 0 Å². The molecular formula is C15H13F3N2O4S. The van der Waals surface area contributed by atoms with E-state index in [1.54, 1.807) is 0 Å². The Hall–Kier alpha value is -2.36. The van der Waals surface area contributed by atoms with Crippen molar-refractivity contribution in [3.8, 4) is 11.5 Å². The number of carbonyl (C=O) groups excluding carboxylic acids is 1. The van der Waals surface area contributed by atoms with Crippen molar-refractivity contribution >= 4 is 15.9 Å². The molecule has 1 amide bonds. The Morgan fingerprint density at radius 2 is 2.04 bits per heavy atom. The van der Waals surface area contributed by atoms with Crippen LogP contribution in [0.5, 0.6) is 0 Å². The van der Waals surface area contributed by atoms with Gasteiger partial charge in [-0.2, -0.15) is 13.2 Å². The summed E-state index contributed by atoms with van der Waals surface area (Å²) in [6.07, 6.45) is -4.20. The summed E-state index contributed by atoms with van der Waals surface area (Å²) in [6.45, 7) is 1.45. The third kappa shape index (κ3) is 3.26. The number of aromatic nitrogens is 1. The third-order valence-electron chi connectivity index (χ3n) is 3.76. The van der Waals surface area contributed by atoms with Gasteiger partial charge in [-0.15, -0.1) is 0 Å². The maximum atomic E-state index is 12.8. The number of hydrogen-bond donors (Lipinski definition) is 0. The first kappa shape index (κ1) is 17.5. The normalized spacial score (nSPS) is 17.0. The summed E-state index contributed by atoms with van der Waals surface area (Å²) < 4.78 is 68.1. The van der Waals surface area contributed by atoms with Crippen LogP contribution in [-0.4, -0.2) is 35.9 Å². The second kappa shape index (κ2) is 5.87. The minimum Gasteiger partial charge on any atom is -0.441 e. The van der Waals surface area contributed by atoms with E-state index in [0.29, 0.717) is 10.7 Å². The standard InChI is InChI=1S/C15H13F3N2O4S/c1-9-12(14(21)20-6-3-7-25(20,22)23)19-13(24-9)10-4-2-5-11(8-10)15(16,17)18/h2,4-5,8H,3,6-7H2,1H3. The fraction of sp³-hybridized carbons (Fsp3) is 0.333. The van der Waals surface area contributed by atoms with Gasteiger partial charge in [0.1, 0.15) is 5.76 Å². The van der Waals surface area contributed by atoms with Crippen LogP contribution in [0, 0.1) is 6.92 Å². The molecule has 1 aromatic carbocycles. The number of carbonyl (C=O) groups is 1. The van der Waals surface area contributed by atoms with Crippen LogP contribution in [0.15, 0.2) is 28.7 Å². The van der Waals surface area contributed by atoms with Gasteiger partial charge in [-0.1, -0.05) is 6.07 Å². The molecule has 0 spiro atoms. The molecule has 2 heterocycles. The molecule has 0 bridgehead atoms. The summed E-state index contributed by atoms with van der Waals surface area (Å²) in [4.78, 5) is 16.3. The molecule has 10 heteroatoms. The average molecular weight is 374 g/mol. The molecule has 1 aromatic heterocycles. The highest BCUT2D eigenvalue weighted by molar-refractivity contribution is 7.89. The van der Waals surface area contributed by atoms with Gasteiger partial charge in [0, 0.05) is 12.1 Å². The summed E-state index contributed by atoms with van der Waals surface area (Å²) in [6, 6.07) is 4.32. The van der Waals surface area contributed by atoms with Crippen molar-refractivity contribution < 1.29 is 30.8 Å². The van der Waals surface area contributed by atoms with Crippen LogP contribution < -0.4 is 0 Å². The monoisotopic (exact) mass is 374 g/mol. The van der Waals surface area contributed by atoms with Crippen molar-refractivity contribution in [1.29, 1.82) is 0 Å². The van der Waals surface area contributed by atoms with Crippen LogP contribution in [0.1, 0.15) is 28.2 Å². The Morgan fingerprint density at radius 1 is 1.32 bits per heavy atom. The Labute approximate surface area is 141 Å². The maximum absolute atomic E-state index is 12.8. The second-order valence-corrected chi connectivity index (χ2v) is 7.56. The molecule has 134 valence electrons. The zero-order valence-corrected chi connectivity index (χ0v) is 13.8. The number of nitrogens with zero attached hydrogens (tertiary/aromatic N) is 2. The molecule has 25 heavy (non-hydrogen) atoms. The van der Waals surface area contributed by atoms with Gasteiger partial charge >= 0.3 is 6.18 Å². The largest absolute Gasteiger partial charge is 0.441 e. The first-order valence-corrected chi connectivity index (χ1v) is 8.90. The lowest BCUT2D eigenvalue weighted by Gasteiger charge is -2.12. The zero-order valence-electron chi connectivity index (χ0n) is 13.0. The van der Waals surface area contributed by atoms with Crippen LogP contribution in [0.4, 0.5) is 13.2 Å². The third-order valence-corrected chi connectivity index (χ3v) is 5.59. The first-order chi connectivity index (χ1) is 11.6. The van der Waals surface area contributed by atoms with Gasteiger partial charge in [0.15, 0.2) is 5.69 Å². The van der Waals surface area contributed by atoms with Crippen molar-refractivity contribution in [1.82, 2.24) is 9.29 Å². The van der Waals surface area contributed by atoms with Gasteiger partial charge in [0.2, 0.25) is 15.9 Å². The van der Waals surface area contributed by atoms with Gasteiger partial charge in [-0.3, -0.25) is 4.79 Å². The van der Waals surface area contributed by atoms with Crippen LogP contribution in [-0.2, 0) is 16.2 Å². The van der Waals surface area contributed by atoms with Crippen LogP contribution in [0.2, 0.25) is 0 Å². The SMILES string of the molecule is Cc1oc(-c2cccc(C(F)(F)F)c2)nc1C(=O)N1CCCS1(=O)=O. The van der Waals surface area contributed by atoms with Crippen LogP contribution >= 0.6 is 0 Å². The molecule has 0 aliphatic carbocycles. The number of rotatable bonds is 2. The summed E-state index contributed by atoms with van der Waals surface area (Å²) in [7, 11) is -3.68. The molecular weight excluding hydrogens is 361 g/mol. The lowest BCUT2D eigenvalue weighted by molar-refractivity contribution is -0.137. The maximum Gasteiger partial charge on any atom is 0.416 e. The number of oxazole rings is 1. The molecule has 0 N–H and O–H groups in total. The van der Waals surface area contributed by atoms with Crippen molar-refractivity contribution in [2.75, 3.05) is 12.3 Å². The number of amides is 1. The number of halogens is 3. The second-order valence-electron chi connectivity index (χ2n) is 5.55. The van der Waals surface area contributed by atoms with E-state index in [9.17, 15) is 26.4 Å². The Balaban J connectivity index is 1.97. The lowest BCUT2D eigenvalue weighted by Crippen LogP contribution is -2.33. The van der Waals surface area contributed by atoms with Gasteiger partial charge in [-0.25, -0.2) is 17.7 Å². The topological polar surface area (TPSA) is 80.5 Å². The van der Waals surface area contributed by atoms with E-state index < -0.39 is 27.7 Å². The number of hydrogen-bond acceptors (Lipinski definition) is 5. The van der Waals surface area contributed by atoms with Crippen molar-refractivity contribution in [2.45, 2.75) is 19.5 Å². The smallest absolute Gasteiger partial charge is 0.416 e. The number of benzene rings is 1. The Bertz CT molecular complexity index is 934. The Morgan fingerprint density at radius 3 is 2.64 bits per heavy atom. The predicted molar refractivity (Wildman–Crippen MR) is 81.1 cm³/mol. The van der Waals surface area contributed by atoms with Crippen LogP contribution in [0.25, 0.3) is 11.5 Å². The molecule has 0 radical (unpaired) electrons. The molecule has 0 saturated carbocycles. The van der Waals surface area contributed by atoms with Gasteiger partial charge in [0.05, 0.1) is 11.3 Å². The quantitative estimate of drug-likeness (QED) is 0.808. The fourth-order valence-electron chi connectivity index (χ4n) is 2.53. The number of alkyl halides is 3. The summed E-state index contributed by atoms with van der Waals surface area (Å²) in [5.74, 6) is -1.10. The zero-order chi connectivity index (χ0) is 18.4. The van der Waals surface area contributed by atoms with Crippen molar-refractivity contribution in [2.24, 2.45) is 0 Å². The molecule has 2 aromatic rings. The van der Waals surface area contributed by atoms with E-state index >= 15 is 0 Å². The summed E-state index contributed by atoms with van der Waals surface area (Å²) in [5, 5.41) is 0. The highest BCUT2D eigenvalue weighted by Gasteiger charge is 2.36. The minimum atomic E-state index is -4.53. The molecule has 1 fully saturated rings. The van der Waals surface area contributed by atoms with Gasteiger partial charge in [0.25, 0.3) is 5.91 Å². The molecule has 1 aliphatic rings. The molecule has 0 atom stereocenters. The van der Waals surface area contributed by atoms with E-state index in [4.69, 9.17) is 4.42 Å². The van der Waals surface area contributed by atoms with E-state index in [-0.39, 0.29) is 35.2 Å². The fourth-order valence-corrected chi connectivity index (χ4v) is 3.99. The summed E-state index contributed by atoms with van der Waals surface area (Å²) in [5.41, 5.74) is -1.06. The molecule has 1 saturated heterocycles. The van der Waals surface area contributed by atoms with Gasteiger partial charge in [-0.05, 0) is 31.5 Å². The van der Waals surface area contributed by atoms with Crippen molar-refractivity contribution in [3.05, 3.63) is 41.3 Å².